The zero-order chi connectivity index (χ0) is 19.5. The standard InChI is InChI=1S/C24H24N4O/c1-2-7-17(8-3-1)11-14-29-23-16-22-21(15-18(23)19-10-6-13-25-19)27-24(28-22)20-9-4-5-12-26-20/h1-5,7-9,12,15-16,19,25H,6,10-11,13-14H2,(H,27,28). The lowest BCUT2D eigenvalue weighted by Crippen LogP contribution is -2.14. The van der Waals surface area contributed by atoms with E-state index in [1.54, 1.807) is 6.20 Å². The van der Waals surface area contributed by atoms with Gasteiger partial charge in [0, 0.05) is 30.3 Å². The fraction of sp³-hybridized carbons (Fsp3) is 0.250. The van der Waals surface area contributed by atoms with E-state index in [9.17, 15) is 0 Å². The van der Waals surface area contributed by atoms with Gasteiger partial charge in [0.25, 0.3) is 0 Å². The molecular formula is C24H24N4O. The third kappa shape index (κ3) is 3.87. The SMILES string of the molecule is c1ccc(CCOc2cc3nc(-c4ccccn4)[nH]c3cc2C2CCCN2)cc1. The number of imidazole rings is 1. The van der Waals surface area contributed by atoms with Crippen molar-refractivity contribution in [2.45, 2.75) is 25.3 Å². The van der Waals surface area contributed by atoms with E-state index >= 15 is 0 Å². The van der Waals surface area contributed by atoms with E-state index in [-0.39, 0.29) is 0 Å². The molecule has 1 fully saturated rings. The van der Waals surface area contributed by atoms with Crippen LogP contribution < -0.4 is 10.1 Å². The van der Waals surface area contributed by atoms with E-state index in [2.05, 4.69) is 51.7 Å². The van der Waals surface area contributed by atoms with Crippen LogP contribution in [0.1, 0.15) is 30.0 Å². The molecule has 2 N–H and O–H groups in total. The summed E-state index contributed by atoms with van der Waals surface area (Å²) in [7, 11) is 0. The van der Waals surface area contributed by atoms with Gasteiger partial charge in [-0.25, -0.2) is 4.98 Å². The molecule has 5 rings (SSSR count). The maximum absolute atomic E-state index is 6.27. The Morgan fingerprint density at radius 2 is 1.93 bits per heavy atom. The number of ether oxygens (including phenoxy) is 1. The Kier molecular flexibility index (Phi) is 4.97. The number of hydrogen-bond donors (Lipinski definition) is 2. The van der Waals surface area contributed by atoms with Crippen molar-refractivity contribution in [3.8, 4) is 17.3 Å². The number of pyridine rings is 1. The average Bonchev–Trinajstić information content (AvgIpc) is 3.44. The highest BCUT2D eigenvalue weighted by Crippen LogP contribution is 2.34. The molecule has 0 saturated carbocycles. The first-order chi connectivity index (χ1) is 14.4. The third-order valence-electron chi connectivity index (χ3n) is 5.45. The molecule has 0 aliphatic carbocycles. The molecule has 4 aromatic rings. The molecule has 5 heteroatoms. The minimum absolute atomic E-state index is 0.327. The first-order valence-corrected chi connectivity index (χ1v) is 10.2. The molecule has 1 saturated heterocycles. The van der Waals surface area contributed by atoms with Crippen molar-refractivity contribution >= 4 is 11.0 Å². The largest absolute Gasteiger partial charge is 0.493 e. The summed E-state index contributed by atoms with van der Waals surface area (Å²) in [6, 6.07) is 20.9. The number of fused-ring (bicyclic) bond motifs is 1. The molecule has 29 heavy (non-hydrogen) atoms. The first kappa shape index (κ1) is 17.9. The zero-order valence-electron chi connectivity index (χ0n) is 16.3. The molecule has 1 aliphatic heterocycles. The molecule has 1 unspecified atom stereocenters. The van der Waals surface area contributed by atoms with Gasteiger partial charge in [0.2, 0.25) is 0 Å². The average molecular weight is 384 g/mol. The van der Waals surface area contributed by atoms with Gasteiger partial charge >= 0.3 is 0 Å². The Balaban J connectivity index is 1.45. The van der Waals surface area contributed by atoms with E-state index < -0.39 is 0 Å². The number of hydrogen-bond acceptors (Lipinski definition) is 4. The Morgan fingerprint density at radius 3 is 2.72 bits per heavy atom. The fourth-order valence-electron chi connectivity index (χ4n) is 3.95. The Bertz CT molecular complexity index is 1090. The monoisotopic (exact) mass is 384 g/mol. The number of nitrogens with zero attached hydrogens (tertiary/aromatic N) is 2. The molecule has 0 spiro atoms. The smallest absolute Gasteiger partial charge is 0.157 e. The van der Waals surface area contributed by atoms with Gasteiger partial charge in [-0.1, -0.05) is 36.4 Å². The van der Waals surface area contributed by atoms with E-state index in [4.69, 9.17) is 9.72 Å². The van der Waals surface area contributed by atoms with Crippen LogP contribution in [0, 0.1) is 0 Å². The van der Waals surface area contributed by atoms with Crippen LogP contribution in [-0.2, 0) is 6.42 Å². The number of nitrogens with one attached hydrogen (secondary N) is 2. The summed E-state index contributed by atoms with van der Waals surface area (Å²) in [5.41, 5.74) is 5.26. The number of benzene rings is 2. The van der Waals surface area contributed by atoms with Gasteiger partial charge in [-0.2, -0.15) is 0 Å². The minimum atomic E-state index is 0.327. The van der Waals surface area contributed by atoms with Crippen LogP contribution in [0.3, 0.4) is 0 Å². The van der Waals surface area contributed by atoms with E-state index in [1.165, 1.54) is 17.5 Å². The number of aromatic nitrogens is 3. The van der Waals surface area contributed by atoms with Gasteiger partial charge in [0.05, 0.1) is 17.6 Å². The molecule has 0 radical (unpaired) electrons. The Hall–Kier alpha value is -3.18. The van der Waals surface area contributed by atoms with Gasteiger partial charge in [-0.15, -0.1) is 0 Å². The minimum Gasteiger partial charge on any atom is -0.493 e. The number of aromatic amines is 1. The van der Waals surface area contributed by atoms with Crippen LogP contribution in [0.4, 0.5) is 0 Å². The van der Waals surface area contributed by atoms with Crippen molar-refractivity contribution in [3.63, 3.8) is 0 Å². The molecule has 1 aliphatic rings. The van der Waals surface area contributed by atoms with Gasteiger partial charge in [-0.3, -0.25) is 4.98 Å². The first-order valence-electron chi connectivity index (χ1n) is 10.2. The second kappa shape index (κ2) is 8.05. The normalized spacial score (nSPS) is 16.3. The molecule has 146 valence electrons. The molecule has 0 amide bonds. The quantitative estimate of drug-likeness (QED) is 0.507. The highest BCUT2D eigenvalue weighted by molar-refractivity contribution is 5.81. The van der Waals surface area contributed by atoms with Crippen molar-refractivity contribution in [1.29, 1.82) is 0 Å². The summed E-state index contributed by atoms with van der Waals surface area (Å²) in [6.45, 7) is 1.70. The third-order valence-corrected chi connectivity index (χ3v) is 5.45. The Morgan fingerprint density at radius 1 is 1.03 bits per heavy atom. The van der Waals surface area contributed by atoms with E-state index in [0.717, 1.165) is 47.7 Å². The van der Waals surface area contributed by atoms with Crippen molar-refractivity contribution in [1.82, 2.24) is 20.3 Å². The second-order valence-electron chi connectivity index (χ2n) is 7.44. The molecule has 1 atom stereocenters. The lowest BCUT2D eigenvalue weighted by molar-refractivity contribution is 0.316. The van der Waals surface area contributed by atoms with Crippen LogP contribution >= 0.6 is 0 Å². The van der Waals surface area contributed by atoms with Crippen molar-refractivity contribution < 1.29 is 4.74 Å². The van der Waals surface area contributed by atoms with Crippen molar-refractivity contribution in [3.05, 3.63) is 78.0 Å². The summed E-state index contributed by atoms with van der Waals surface area (Å²) < 4.78 is 6.27. The summed E-state index contributed by atoms with van der Waals surface area (Å²) in [6.07, 6.45) is 4.99. The van der Waals surface area contributed by atoms with E-state index in [0.29, 0.717) is 12.6 Å². The van der Waals surface area contributed by atoms with Crippen LogP contribution in [0.2, 0.25) is 0 Å². The van der Waals surface area contributed by atoms with Gasteiger partial charge in [-0.05, 0) is 43.1 Å². The summed E-state index contributed by atoms with van der Waals surface area (Å²) in [4.78, 5) is 12.6. The highest BCUT2D eigenvalue weighted by Gasteiger charge is 2.22. The summed E-state index contributed by atoms with van der Waals surface area (Å²) in [5, 5.41) is 3.60. The summed E-state index contributed by atoms with van der Waals surface area (Å²) >= 11 is 0. The molecular weight excluding hydrogens is 360 g/mol. The van der Waals surface area contributed by atoms with Crippen LogP contribution in [0.15, 0.2) is 66.9 Å². The Labute approximate surface area is 170 Å². The van der Waals surface area contributed by atoms with Gasteiger partial charge in [0.1, 0.15) is 11.4 Å². The second-order valence-corrected chi connectivity index (χ2v) is 7.44. The molecule has 2 aromatic carbocycles. The molecule has 5 nitrogen and oxygen atoms in total. The summed E-state index contributed by atoms with van der Waals surface area (Å²) in [5.74, 6) is 1.71. The van der Waals surface area contributed by atoms with Crippen LogP contribution in [-0.4, -0.2) is 28.1 Å². The molecule has 3 heterocycles. The lowest BCUT2D eigenvalue weighted by Gasteiger charge is -2.17. The van der Waals surface area contributed by atoms with Crippen molar-refractivity contribution in [2.24, 2.45) is 0 Å². The number of rotatable bonds is 6. The van der Waals surface area contributed by atoms with Crippen molar-refractivity contribution in [2.75, 3.05) is 13.2 Å². The predicted octanol–water partition coefficient (Wildman–Crippen LogP) is 4.67. The topological polar surface area (TPSA) is 62.8 Å². The highest BCUT2D eigenvalue weighted by atomic mass is 16.5. The molecule has 0 bridgehead atoms. The lowest BCUT2D eigenvalue weighted by atomic mass is 10.0. The molecule has 2 aromatic heterocycles. The predicted molar refractivity (Wildman–Crippen MR) is 115 cm³/mol. The van der Waals surface area contributed by atoms with Gasteiger partial charge in [0.15, 0.2) is 5.82 Å². The van der Waals surface area contributed by atoms with Crippen LogP contribution in [0.25, 0.3) is 22.6 Å². The maximum atomic E-state index is 6.27. The maximum Gasteiger partial charge on any atom is 0.157 e. The number of H-pyrrole nitrogens is 1. The van der Waals surface area contributed by atoms with Gasteiger partial charge < -0.3 is 15.0 Å². The van der Waals surface area contributed by atoms with Crippen LogP contribution in [0.5, 0.6) is 5.75 Å². The zero-order valence-corrected chi connectivity index (χ0v) is 16.3. The van der Waals surface area contributed by atoms with E-state index in [1.807, 2.05) is 24.3 Å². The fourth-order valence-corrected chi connectivity index (χ4v) is 3.95.